The minimum atomic E-state index is -0.498. The molecular formula is C27H30FN3O. The maximum Gasteiger partial charge on any atom is 0.123 e. The van der Waals surface area contributed by atoms with Gasteiger partial charge in [0.15, 0.2) is 0 Å². The fourth-order valence-electron chi connectivity index (χ4n) is 5.09. The van der Waals surface area contributed by atoms with Crippen LogP contribution in [0, 0.1) is 5.82 Å². The van der Waals surface area contributed by atoms with Crippen LogP contribution >= 0.6 is 0 Å². The number of nitrogens with zero attached hydrogens (tertiary/aromatic N) is 3. The van der Waals surface area contributed by atoms with E-state index in [0.29, 0.717) is 19.1 Å². The largest absolute Gasteiger partial charge is 0.390 e. The van der Waals surface area contributed by atoms with Gasteiger partial charge in [-0.3, -0.25) is 9.80 Å². The molecule has 32 heavy (non-hydrogen) atoms. The molecule has 0 aliphatic carbocycles. The maximum atomic E-state index is 13.9. The number of piperazine rings is 1. The van der Waals surface area contributed by atoms with Crippen molar-refractivity contribution in [2.45, 2.75) is 32.2 Å². The molecule has 1 N–H and O–H groups in total. The van der Waals surface area contributed by atoms with Crippen LogP contribution in [0.4, 0.5) is 4.39 Å². The quantitative estimate of drug-likeness (QED) is 0.488. The molecule has 1 aliphatic heterocycles. The van der Waals surface area contributed by atoms with Gasteiger partial charge in [-0.2, -0.15) is 0 Å². The van der Waals surface area contributed by atoms with E-state index in [1.807, 2.05) is 30.3 Å². The third-order valence-corrected chi connectivity index (χ3v) is 6.67. The van der Waals surface area contributed by atoms with Crippen LogP contribution in [0.25, 0.3) is 21.8 Å². The van der Waals surface area contributed by atoms with E-state index in [0.717, 1.165) is 48.0 Å². The number of aliphatic hydroxyl groups excluding tert-OH is 1. The number of aliphatic hydroxyl groups is 1. The van der Waals surface area contributed by atoms with Gasteiger partial charge in [-0.25, -0.2) is 4.39 Å². The van der Waals surface area contributed by atoms with Gasteiger partial charge in [-0.1, -0.05) is 48.5 Å². The number of aromatic nitrogens is 1. The first-order valence-electron chi connectivity index (χ1n) is 11.4. The van der Waals surface area contributed by atoms with E-state index in [9.17, 15) is 9.50 Å². The van der Waals surface area contributed by atoms with Gasteiger partial charge in [-0.15, -0.1) is 0 Å². The van der Waals surface area contributed by atoms with Crippen LogP contribution in [-0.2, 0) is 13.1 Å². The van der Waals surface area contributed by atoms with E-state index in [1.54, 1.807) is 6.07 Å². The van der Waals surface area contributed by atoms with Crippen molar-refractivity contribution in [2.24, 2.45) is 0 Å². The van der Waals surface area contributed by atoms with Gasteiger partial charge < -0.3 is 9.67 Å². The summed E-state index contributed by atoms with van der Waals surface area (Å²) in [5, 5.41) is 12.9. The van der Waals surface area contributed by atoms with Gasteiger partial charge in [0.25, 0.3) is 0 Å². The number of benzene rings is 3. The molecule has 0 spiro atoms. The lowest BCUT2D eigenvalue weighted by molar-refractivity contribution is 0.0319. The highest BCUT2D eigenvalue weighted by Crippen LogP contribution is 2.30. The van der Waals surface area contributed by atoms with E-state index >= 15 is 0 Å². The maximum absolute atomic E-state index is 13.9. The molecule has 1 fully saturated rings. The van der Waals surface area contributed by atoms with E-state index in [2.05, 4.69) is 51.6 Å². The number of fused-ring (bicyclic) bond motifs is 3. The molecule has 2 heterocycles. The molecule has 4 aromatic rings. The molecule has 4 nitrogen and oxygen atoms in total. The van der Waals surface area contributed by atoms with Crippen LogP contribution < -0.4 is 0 Å². The van der Waals surface area contributed by atoms with Crippen molar-refractivity contribution in [3.8, 4) is 0 Å². The van der Waals surface area contributed by atoms with E-state index < -0.39 is 6.10 Å². The van der Waals surface area contributed by atoms with Gasteiger partial charge in [-0.05, 0) is 36.8 Å². The minimum Gasteiger partial charge on any atom is -0.390 e. The summed E-state index contributed by atoms with van der Waals surface area (Å²) >= 11 is 0. The first-order valence-corrected chi connectivity index (χ1v) is 11.4. The zero-order chi connectivity index (χ0) is 22.1. The van der Waals surface area contributed by atoms with Crippen molar-refractivity contribution in [1.29, 1.82) is 0 Å². The summed E-state index contributed by atoms with van der Waals surface area (Å²) in [6.07, 6.45) is -0.498. The summed E-state index contributed by atoms with van der Waals surface area (Å²) in [6, 6.07) is 23.9. The molecule has 1 aliphatic rings. The molecule has 3 aromatic carbocycles. The molecule has 0 amide bonds. The Morgan fingerprint density at radius 2 is 1.66 bits per heavy atom. The zero-order valence-electron chi connectivity index (χ0n) is 18.5. The normalized spacial score (nSPS) is 19.0. The van der Waals surface area contributed by atoms with Crippen LogP contribution in [0.5, 0.6) is 0 Å². The summed E-state index contributed by atoms with van der Waals surface area (Å²) in [4.78, 5) is 4.88. The molecular weight excluding hydrogens is 401 g/mol. The lowest BCUT2D eigenvalue weighted by Gasteiger charge is -2.40. The fraction of sp³-hybridized carbons (Fsp3) is 0.333. The summed E-state index contributed by atoms with van der Waals surface area (Å²) in [6.45, 7) is 7.29. The highest BCUT2D eigenvalue weighted by molar-refractivity contribution is 6.08. The Morgan fingerprint density at radius 3 is 2.47 bits per heavy atom. The van der Waals surface area contributed by atoms with Crippen molar-refractivity contribution in [2.75, 3.05) is 26.2 Å². The second-order valence-electron chi connectivity index (χ2n) is 9.01. The van der Waals surface area contributed by atoms with Crippen LogP contribution in [0.3, 0.4) is 0 Å². The van der Waals surface area contributed by atoms with Crippen molar-refractivity contribution < 1.29 is 9.50 Å². The van der Waals surface area contributed by atoms with Crippen LogP contribution in [0.1, 0.15) is 12.5 Å². The number of rotatable bonds is 6. The third kappa shape index (κ3) is 4.29. The molecule has 1 saturated heterocycles. The Hall–Kier alpha value is -2.73. The summed E-state index contributed by atoms with van der Waals surface area (Å²) in [7, 11) is 0. The predicted octanol–water partition coefficient (Wildman–Crippen LogP) is 4.50. The zero-order valence-corrected chi connectivity index (χ0v) is 18.5. The smallest absolute Gasteiger partial charge is 0.123 e. The molecule has 1 aromatic heterocycles. The van der Waals surface area contributed by atoms with Crippen LogP contribution in [0.2, 0.25) is 0 Å². The molecule has 5 rings (SSSR count). The Labute approximate surface area is 188 Å². The molecule has 0 bridgehead atoms. The Balaban J connectivity index is 1.27. The third-order valence-electron chi connectivity index (χ3n) is 6.67. The molecule has 0 radical (unpaired) electrons. The molecule has 166 valence electrons. The second-order valence-corrected chi connectivity index (χ2v) is 9.01. The van der Waals surface area contributed by atoms with E-state index in [-0.39, 0.29) is 5.82 Å². The number of para-hydroxylation sites is 1. The lowest BCUT2D eigenvalue weighted by Crippen LogP contribution is -2.53. The Bertz CT molecular complexity index is 1210. The standard InChI is InChI=1S/C27H30FN3O/c1-20-16-29(17-21-7-3-2-4-8-21)13-14-30(20)18-23(32)19-31-26-10-6-5-9-24(26)25-15-22(28)11-12-27(25)31/h2-12,15,20,23,32H,13-14,16-19H2,1H3. The number of hydrogen-bond acceptors (Lipinski definition) is 3. The van der Waals surface area contributed by atoms with E-state index in [1.165, 1.54) is 11.6 Å². The fourth-order valence-corrected chi connectivity index (χ4v) is 5.09. The highest BCUT2D eigenvalue weighted by atomic mass is 19.1. The van der Waals surface area contributed by atoms with Crippen LogP contribution in [-0.4, -0.2) is 57.8 Å². The molecule has 0 saturated carbocycles. The second kappa shape index (κ2) is 9.02. The first kappa shape index (κ1) is 21.1. The van der Waals surface area contributed by atoms with Gasteiger partial charge in [0.1, 0.15) is 5.82 Å². The van der Waals surface area contributed by atoms with Crippen LogP contribution in [0.15, 0.2) is 72.8 Å². The SMILES string of the molecule is CC1CN(Cc2ccccc2)CCN1CC(O)Cn1c2ccccc2c2cc(F)ccc21. The summed E-state index contributed by atoms with van der Waals surface area (Å²) in [5.41, 5.74) is 3.34. The number of hydrogen-bond donors (Lipinski definition) is 1. The van der Waals surface area contributed by atoms with Crippen molar-refractivity contribution >= 4 is 21.8 Å². The summed E-state index contributed by atoms with van der Waals surface area (Å²) in [5.74, 6) is -0.233. The summed E-state index contributed by atoms with van der Waals surface area (Å²) < 4.78 is 16.0. The monoisotopic (exact) mass is 431 g/mol. The Morgan fingerprint density at radius 1 is 0.906 bits per heavy atom. The van der Waals surface area contributed by atoms with Crippen molar-refractivity contribution in [3.63, 3.8) is 0 Å². The van der Waals surface area contributed by atoms with Crippen molar-refractivity contribution in [1.82, 2.24) is 14.4 Å². The van der Waals surface area contributed by atoms with E-state index in [4.69, 9.17) is 0 Å². The number of halogens is 1. The lowest BCUT2D eigenvalue weighted by atomic mass is 10.1. The van der Waals surface area contributed by atoms with Gasteiger partial charge >= 0.3 is 0 Å². The molecule has 2 atom stereocenters. The van der Waals surface area contributed by atoms with Crippen molar-refractivity contribution in [3.05, 3.63) is 84.2 Å². The minimum absolute atomic E-state index is 0.233. The van der Waals surface area contributed by atoms with Gasteiger partial charge in [0.2, 0.25) is 0 Å². The molecule has 5 heteroatoms. The highest BCUT2D eigenvalue weighted by Gasteiger charge is 2.26. The topological polar surface area (TPSA) is 31.6 Å². The number of β-amino-alcohol motifs (C(OH)–C–C–N with tert-alkyl or cyclic N) is 1. The van der Waals surface area contributed by atoms with Gasteiger partial charge in [0.05, 0.1) is 12.6 Å². The average molecular weight is 432 g/mol. The first-order chi connectivity index (χ1) is 15.6. The van der Waals surface area contributed by atoms with Gasteiger partial charge in [0, 0.05) is 60.6 Å². The molecule has 2 unspecified atom stereocenters. The predicted molar refractivity (Wildman–Crippen MR) is 128 cm³/mol. The average Bonchev–Trinajstić information content (AvgIpc) is 3.09. The Kier molecular flexibility index (Phi) is 5.96.